The van der Waals surface area contributed by atoms with E-state index in [-0.39, 0.29) is 21.3 Å². The minimum atomic E-state index is -3.21. The van der Waals surface area contributed by atoms with Crippen LogP contribution in [0, 0.1) is 0 Å². The molecule has 23 heavy (non-hydrogen) atoms. The predicted molar refractivity (Wildman–Crippen MR) is 89.5 cm³/mol. The van der Waals surface area contributed by atoms with Crippen LogP contribution in [0.4, 0.5) is 0 Å². The fourth-order valence-electron chi connectivity index (χ4n) is 3.43. The largest absolute Gasteiger partial charge is 0.287 e. The van der Waals surface area contributed by atoms with Gasteiger partial charge in [-0.25, -0.2) is 17.4 Å². The summed E-state index contributed by atoms with van der Waals surface area (Å²) in [5.41, 5.74) is -0.412. The van der Waals surface area contributed by atoms with Crippen molar-refractivity contribution >= 4 is 33.2 Å². The Morgan fingerprint density at radius 3 is 2.30 bits per heavy atom. The molecule has 9 heteroatoms. The second kappa shape index (κ2) is 6.70. The first-order valence-electron chi connectivity index (χ1n) is 7.83. The van der Waals surface area contributed by atoms with Gasteiger partial charge in [-0.2, -0.15) is 5.10 Å². The Balaban J connectivity index is 1.72. The number of nitrogens with zero attached hydrogens (tertiary/aromatic N) is 3. The molecule has 3 rings (SSSR count). The van der Waals surface area contributed by atoms with Crippen molar-refractivity contribution in [3.05, 3.63) is 26.6 Å². The summed E-state index contributed by atoms with van der Waals surface area (Å²) in [5.74, 6) is 0. The fourth-order valence-corrected chi connectivity index (χ4v) is 5.74. The van der Waals surface area contributed by atoms with Gasteiger partial charge in [-0.1, -0.05) is 23.2 Å². The Morgan fingerprint density at radius 2 is 1.70 bits per heavy atom. The maximum atomic E-state index is 12.6. The van der Waals surface area contributed by atoms with Crippen molar-refractivity contribution in [1.29, 1.82) is 0 Å². The summed E-state index contributed by atoms with van der Waals surface area (Å²) in [5, 5.41) is 3.81. The number of sulfonamides is 1. The van der Waals surface area contributed by atoms with Gasteiger partial charge in [-0.3, -0.25) is 4.79 Å². The Hall–Kier alpha value is -0.630. The summed E-state index contributed by atoms with van der Waals surface area (Å²) in [6.45, 7) is 1.27. The average molecular weight is 380 g/mol. The molecule has 6 nitrogen and oxygen atoms in total. The summed E-state index contributed by atoms with van der Waals surface area (Å²) in [4.78, 5) is 12.1. The Kier molecular flexibility index (Phi) is 5.01. The molecule has 0 spiro atoms. The van der Waals surface area contributed by atoms with Crippen LogP contribution in [0.3, 0.4) is 0 Å². The standard InChI is InChI=1S/C14H19Cl2N3O3S/c15-12-9-17-19(14(20)13(12)16)10-3-5-11(6-4-10)23(21,22)18-7-1-2-8-18/h9-11H,1-8H2. The molecular weight excluding hydrogens is 361 g/mol. The lowest BCUT2D eigenvalue weighted by Gasteiger charge is -2.31. The third kappa shape index (κ3) is 3.29. The fraction of sp³-hybridized carbons (Fsp3) is 0.714. The van der Waals surface area contributed by atoms with Crippen LogP contribution in [-0.4, -0.2) is 40.8 Å². The second-order valence-corrected chi connectivity index (χ2v) is 9.14. The Bertz CT molecular complexity index is 736. The van der Waals surface area contributed by atoms with E-state index < -0.39 is 15.6 Å². The van der Waals surface area contributed by atoms with Crippen LogP contribution in [0.15, 0.2) is 11.0 Å². The number of halogens is 2. The first kappa shape index (κ1) is 17.2. The lowest BCUT2D eigenvalue weighted by molar-refractivity contribution is 0.312. The summed E-state index contributed by atoms with van der Waals surface area (Å²) < 4.78 is 28.2. The van der Waals surface area contributed by atoms with E-state index in [1.54, 1.807) is 4.31 Å². The molecule has 1 saturated carbocycles. The second-order valence-electron chi connectivity index (χ2n) is 6.14. The molecular formula is C14H19Cl2N3O3S. The van der Waals surface area contributed by atoms with E-state index >= 15 is 0 Å². The van der Waals surface area contributed by atoms with Crippen LogP contribution in [0.1, 0.15) is 44.6 Å². The number of hydrogen-bond donors (Lipinski definition) is 0. The van der Waals surface area contributed by atoms with E-state index in [1.807, 2.05) is 0 Å². The van der Waals surface area contributed by atoms with Crippen LogP contribution >= 0.6 is 23.2 Å². The molecule has 1 aliphatic carbocycles. The van der Waals surface area contributed by atoms with E-state index in [0.29, 0.717) is 38.8 Å². The van der Waals surface area contributed by atoms with E-state index in [0.717, 1.165) is 12.8 Å². The van der Waals surface area contributed by atoms with E-state index in [1.165, 1.54) is 10.9 Å². The van der Waals surface area contributed by atoms with E-state index in [2.05, 4.69) is 5.10 Å². The molecule has 0 aromatic carbocycles. The van der Waals surface area contributed by atoms with Gasteiger partial charge >= 0.3 is 0 Å². The molecule has 0 bridgehead atoms. The van der Waals surface area contributed by atoms with Gasteiger partial charge in [0.25, 0.3) is 5.56 Å². The first-order chi connectivity index (χ1) is 10.9. The number of rotatable bonds is 3. The molecule has 1 saturated heterocycles. The quantitative estimate of drug-likeness (QED) is 0.808. The predicted octanol–water partition coefficient (Wildman–Crippen LogP) is 2.46. The molecule has 0 atom stereocenters. The zero-order valence-electron chi connectivity index (χ0n) is 12.6. The lowest BCUT2D eigenvalue weighted by atomic mass is 9.95. The third-order valence-electron chi connectivity index (χ3n) is 4.74. The molecule has 1 aliphatic heterocycles. The van der Waals surface area contributed by atoms with Gasteiger partial charge in [-0.15, -0.1) is 0 Å². The monoisotopic (exact) mass is 379 g/mol. The summed E-state index contributed by atoms with van der Waals surface area (Å²) in [6, 6.07) is -0.123. The number of aromatic nitrogens is 2. The highest BCUT2D eigenvalue weighted by Gasteiger charge is 2.37. The van der Waals surface area contributed by atoms with Gasteiger partial charge in [-0.05, 0) is 38.5 Å². The molecule has 0 amide bonds. The van der Waals surface area contributed by atoms with Crippen molar-refractivity contribution in [3.8, 4) is 0 Å². The summed E-state index contributed by atoms with van der Waals surface area (Å²) >= 11 is 11.7. The van der Waals surface area contributed by atoms with Crippen molar-refractivity contribution in [1.82, 2.24) is 14.1 Å². The Labute approximate surface area is 145 Å². The normalized spacial score (nSPS) is 26.5. The maximum Gasteiger partial charge on any atom is 0.287 e. The lowest BCUT2D eigenvalue weighted by Crippen LogP contribution is -2.40. The number of hydrogen-bond acceptors (Lipinski definition) is 4. The molecule has 0 unspecified atom stereocenters. The minimum Gasteiger partial charge on any atom is -0.266 e. The maximum absolute atomic E-state index is 12.6. The smallest absolute Gasteiger partial charge is 0.266 e. The van der Waals surface area contributed by atoms with Crippen LogP contribution in [-0.2, 0) is 10.0 Å². The SMILES string of the molecule is O=c1c(Cl)c(Cl)cnn1C1CCC(S(=O)(=O)N2CCCC2)CC1. The highest BCUT2D eigenvalue weighted by Crippen LogP contribution is 2.33. The highest BCUT2D eigenvalue weighted by atomic mass is 35.5. The minimum absolute atomic E-state index is 0.0338. The van der Waals surface area contributed by atoms with E-state index in [4.69, 9.17) is 23.2 Å². The van der Waals surface area contributed by atoms with Crippen molar-refractivity contribution in [2.45, 2.75) is 49.8 Å². The van der Waals surface area contributed by atoms with Crippen molar-refractivity contribution in [2.75, 3.05) is 13.1 Å². The van der Waals surface area contributed by atoms with Crippen molar-refractivity contribution < 1.29 is 8.42 Å². The van der Waals surface area contributed by atoms with Gasteiger partial charge in [0.2, 0.25) is 10.0 Å². The van der Waals surface area contributed by atoms with Crippen LogP contribution < -0.4 is 5.56 Å². The van der Waals surface area contributed by atoms with Crippen LogP contribution in [0.25, 0.3) is 0 Å². The van der Waals surface area contributed by atoms with Gasteiger partial charge in [0.05, 0.1) is 22.5 Å². The van der Waals surface area contributed by atoms with Crippen LogP contribution in [0.2, 0.25) is 10.0 Å². The van der Waals surface area contributed by atoms with Gasteiger partial charge < -0.3 is 0 Å². The zero-order chi connectivity index (χ0) is 16.6. The van der Waals surface area contributed by atoms with Crippen LogP contribution in [0.5, 0.6) is 0 Å². The van der Waals surface area contributed by atoms with E-state index in [9.17, 15) is 13.2 Å². The molecule has 2 fully saturated rings. The average Bonchev–Trinajstić information content (AvgIpc) is 3.08. The Morgan fingerprint density at radius 1 is 1.09 bits per heavy atom. The van der Waals surface area contributed by atoms with Crippen molar-refractivity contribution in [2.24, 2.45) is 0 Å². The van der Waals surface area contributed by atoms with Gasteiger partial charge in [0.15, 0.2) is 0 Å². The first-order valence-corrected chi connectivity index (χ1v) is 10.1. The zero-order valence-corrected chi connectivity index (χ0v) is 14.9. The molecule has 128 valence electrons. The van der Waals surface area contributed by atoms with Crippen molar-refractivity contribution in [3.63, 3.8) is 0 Å². The van der Waals surface area contributed by atoms with Gasteiger partial charge in [0.1, 0.15) is 5.02 Å². The molecule has 2 aliphatic rings. The molecule has 0 N–H and O–H groups in total. The summed E-state index contributed by atoms with van der Waals surface area (Å²) in [6.07, 6.45) is 5.52. The molecule has 1 aromatic heterocycles. The molecule has 2 heterocycles. The highest BCUT2D eigenvalue weighted by molar-refractivity contribution is 7.89. The third-order valence-corrected chi connectivity index (χ3v) is 7.88. The summed E-state index contributed by atoms with van der Waals surface area (Å²) in [7, 11) is -3.21. The molecule has 0 radical (unpaired) electrons. The van der Waals surface area contributed by atoms with Gasteiger partial charge in [0, 0.05) is 13.1 Å². The molecule has 1 aromatic rings. The topological polar surface area (TPSA) is 72.3 Å².